The van der Waals surface area contributed by atoms with Crippen molar-refractivity contribution in [3.8, 4) is 0 Å². The number of amides is 1. The maximum atomic E-state index is 11.7. The molecule has 2 N–H and O–H groups in total. The molecular formula is C13H20N4O3. The van der Waals surface area contributed by atoms with Gasteiger partial charge in [-0.25, -0.2) is 14.8 Å². The molecule has 0 unspecified atom stereocenters. The number of likely N-dealkylation sites (N-methyl/N-ethyl adjacent to an activating group) is 1. The van der Waals surface area contributed by atoms with E-state index >= 15 is 0 Å². The number of carboxylic acids is 1. The SMILES string of the molecule is CC(C)CNC(=O)CN(C)Cc1ncncc1C(=O)O. The summed E-state index contributed by atoms with van der Waals surface area (Å²) >= 11 is 0. The summed E-state index contributed by atoms with van der Waals surface area (Å²) in [6, 6.07) is 0. The summed E-state index contributed by atoms with van der Waals surface area (Å²) in [7, 11) is 1.74. The van der Waals surface area contributed by atoms with Crippen LogP contribution in [0.5, 0.6) is 0 Å². The van der Waals surface area contributed by atoms with Crippen LogP contribution in [0.25, 0.3) is 0 Å². The predicted octanol–water partition coefficient (Wildman–Crippen LogP) is 0.379. The van der Waals surface area contributed by atoms with Crippen LogP contribution in [0, 0.1) is 5.92 Å². The lowest BCUT2D eigenvalue weighted by Gasteiger charge is -2.17. The largest absolute Gasteiger partial charge is 0.478 e. The monoisotopic (exact) mass is 280 g/mol. The first-order chi connectivity index (χ1) is 9.40. The van der Waals surface area contributed by atoms with Gasteiger partial charge < -0.3 is 10.4 Å². The van der Waals surface area contributed by atoms with Gasteiger partial charge in [-0.05, 0) is 13.0 Å². The Morgan fingerprint density at radius 3 is 2.75 bits per heavy atom. The van der Waals surface area contributed by atoms with Crippen LogP contribution < -0.4 is 5.32 Å². The highest BCUT2D eigenvalue weighted by Gasteiger charge is 2.14. The van der Waals surface area contributed by atoms with Crippen LogP contribution in [-0.4, -0.2) is 52.0 Å². The first kappa shape index (κ1) is 16.0. The maximum Gasteiger partial charge on any atom is 0.339 e. The Morgan fingerprint density at radius 1 is 1.45 bits per heavy atom. The number of aromatic nitrogens is 2. The van der Waals surface area contributed by atoms with Gasteiger partial charge in [0.1, 0.15) is 11.9 Å². The molecule has 1 aromatic rings. The Morgan fingerprint density at radius 2 is 2.15 bits per heavy atom. The molecule has 7 nitrogen and oxygen atoms in total. The van der Waals surface area contributed by atoms with Crippen molar-refractivity contribution in [2.45, 2.75) is 20.4 Å². The Bertz CT molecular complexity index is 476. The van der Waals surface area contributed by atoms with Crippen molar-refractivity contribution >= 4 is 11.9 Å². The molecule has 1 aromatic heterocycles. The Hall–Kier alpha value is -2.02. The van der Waals surface area contributed by atoms with Crippen LogP contribution in [-0.2, 0) is 11.3 Å². The van der Waals surface area contributed by atoms with E-state index in [1.807, 2.05) is 13.8 Å². The van der Waals surface area contributed by atoms with E-state index in [0.717, 1.165) is 0 Å². The van der Waals surface area contributed by atoms with Crippen molar-refractivity contribution in [3.63, 3.8) is 0 Å². The molecule has 0 spiro atoms. The lowest BCUT2D eigenvalue weighted by molar-refractivity contribution is -0.122. The van der Waals surface area contributed by atoms with E-state index < -0.39 is 5.97 Å². The normalized spacial score (nSPS) is 10.8. The van der Waals surface area contributed by atoms with Crippen molar-refractivity contribution in [2.24, 2.45) is 5.92 Å². The summed E-state index contributed by atoms with van der Waals surface area (Å²) in [4.78, 5) is 32.1. The number of hydrogen-bond acceptors (Lipinski definition) is 5. The van der Waals surface area contributed by atoms with Gasteiger partial charge in [0.15, 0.2) is 0 Å². The average Bonchev–Trinajstić information content (AvgIpc) is 2.36. The molecular weight excluding hydrogens is 260 g/mol. The summed E-state index contributed by atoms with van der Waals surface area (Å²) in [6.07, 6.45) is 2.56. The number of nitrogens with zero attached hydrogens (tertiary/aromatic N) is 3. The Balaban J connectivity index is 2.56. The van der Waals surface area contributed by atoms with Gasteiger partial charge in [0, 0.05) is 19.3 Å². The number of carboxylic acid groups (broad SMARTS) is 1. The van der Waals surface area contributed by atoms with E-state index in [9.17, 15) is 9.59 Å². The molecule has 0 aromatic carbocycles. The third-order valence-electron chi connectivity index (χ3n) is 2.57. The fourth-order valence-corrected chi connectivity index (χ4v) is 1.59. The summed E-state index contributed by atoms with van der Waals surface area (Å²) in [5.74, 6) is -0.768. The standard InChI is InChI=1S/C13H20N4O3/c1-9(2)4-15-12(18)7-17(3)6-11-10(13(19)20)5-14-8-16-11/h5,8-9H,4,6-7H2,1-3H3,(H,15,18)(H,19,20). The molecule has 1 heterocycles. The highest BCUT2D eigenvalue weighted by Crippen LogP contribution is 2.06. The summed E-state index contributed by atoms with van der Waals surface area (Å²) in [5.41, 5.74) is 0.452. The van der Waals surface area contributed by atoms with Crippen LogP contribution in [0.1, 0.15) is 29.9 Å². The zero-order valence-electron chi connectivity index (χ0n) is 12.0. The van der Waals surface area contributed by atoms with Crippen LogP contribution in [0.2, 0.25) is 0 Å². The number of hydrogen-bond donors (Lipinski definition) is 2. The van der Waals surface area contributed by atoms with E-state index in [2.05, 4.69) is 15.3 Å². The van der Waals surface area contributed by atoms with Crippen LogP contribution in [0.15, 0.2) is 12.5 Å². The molecule has 7 heteroatoms. The Kier molecular flexibility index (Phi) is 6.05. The quantitative estimate of drug-likeness (QED) is 0.749. The second kappa shape index (κ2) is 7.54. The third kappa shape index (κ3) is 5.31. The highest BCUT2D eigenvalue weighted by atomic mass is 16.4. The fraction of sp³-hybridized carbons (Fsp3) is 0.538. The Labute approximate surface area is 118 Å². The molecule has 0 atom stereocenters. The van der Waals surface area contributed by atoms with Gasteiger partial charge in [-0.15, -0.1) is 0 Å². The molecule has 0 fully saturated rings. The fourth-order valence-electron chi connectivity index (χ4n) is 1.59. The second-order valence-corrected chi connectivity index (χ2v) is 5.06. The van der Waals surface area contributed by atoms with Gasteiger partial charge >= 0.3 is 5.97 Å². The minimum absolute atomic E-state index is 0.0574. The van der Waals surface area contributed by atoms with E-state index in [4.69, 9.17) is 5.11 Å². The third-order valence-corrected chi connectivity index (χ3v) is 2.57. The highest BCUT2D eigenvalue weighted by molar-refractivity contribution is 5.88. The number of nitrogens with one attached hydrogen (secondary N) is 1. The molecule has 0 aliphatic rings. The molecule has 0 saturated carbocycles. The lowest BCUT2D eigenvalue weighted by Crippen LogP contribution is -2.36. The predicted molar refractivity (Wildman–Crippen MR) is 73.2 cm³/mol. The number of carbonyl (C=O) groups is 2. The van der Waals surface area contributed by atoms with Gasteiger partial charge in [-0.2, -0.15) is 0 Å². The summed E-state index contributed by atoms with van der Waals surface area (Å²) in [5, 5.41) is 11.8. The average molecular weight is 280 g/mol. The first-order valence-corrected chi connectivity index (χ1v) is 6.37. The second-order valence-electron chi connectivity index (χ2n) is 5.06. The maximum absolute atomic E-state index is 11.7. The first-order valence-electron chi connectivity index (χ1n) is 6.37. The molecule has 110 valence electrons. The van der Waals surface area contributed by atoms with Crippen LogP contribution in [0.4, 0.5) is 0 Å². The van der Waals surface area contributed by atoms with E-state index in [-0.39, 0.29) is 24.6 Å². The van der Waals surface area contributed by atoms with Gasteiger partial charge in [-0.3, -0.25) is 9.69 Å². The molecule has 1 rings (SSSR count). The molecule has 0 saturated heterocycles. The van der Waals surface area contributed by atoms with Crippen LogP contribution >= 0.6 is 0 Å². The van der Waals surface area contributed by atoms with Crippen molar-refractivity contribution in [3.05, 3.63) is 23.8 Å². The van der Waals surface area contributed by atoms with Crippen LogP contribution in [0.3, 0.4) is 0 Å². The van der Waals surface area contributed by atoms with Crippen molar-refractivity contribution < 1.29 is 14.7 Å². The topological polar surface area (TPSA) is 95.4 Å². The van der Waals surface area contributed by atoms with Gasteiger partial charge in [0.2, 0.25) is 5.91 Å². The van der Waals surface area contributed by atoms with Gasteiger partial charge in [0.25, 0.3) is 0 Å². The van der Waals surface area contributed by atoms with Crippen molar-refractivity contribution in [1.82, 2.24) is 20.2 Å². The minimum atomic E-state index is -1.07. The number of rotatable bonds is 7. The molecule has 0 aliphatic carbocycles. The minimum Gasteiger partial charge on any atom is -0.478 e. The smallest absolute Gasteiger partial charge is 0.339 e. The molecule has 1 amide bonds. The molecule has 0 bridgehead atoms. The van der Waals surface area contributed by atoms with Gasteiger partial charge in [-0.1, -0.05) is 13.8 Å². The number of aromatic carboxylic acids is 1. The van der Waals surface area contributed by atoms with Gasteiger partial charge in [0.05, 0.1) is 12.2 Å². The zero-order chi connectivity index (χ0) is 15.1. The lowest BCUT2D eigenvalue weighted by atomic mass is 10.2. The number of carbonyl (C=O) groups excluding carboxylic acids is 1. The summed E-state index contributed by atoms with van der Waals surface area (Å²) < 4.78 is 0. The van der Waals surface area contributed by atoms with E-state index in [0.29, 0.717) is 18.2 Å². The van der Waals surface area contributed by atoms with E-state index in [1.165, 1.54) is 12.5 Å². The van der Waals surface area contributed by atoms with E-state index in [1.54, 1.807) is 11.9 Å². The van der Waals surface area contributed by atoms with Crippen molar-refractivity contribution in [1.29, 1.82) is 0 Å². The molecule has 0 radical (unpaired) electrons. The zero-order valence-corrected chi connectivity index (χ0v) is 12.0. The molecule has 20 heavy (non-hydrogen) atoms. The summed E-state index contributed by atoms with van der Waals surface area (Å²) in [6.45, 7) is 5.13. The molecule has 0 aliphatic heterocycles. The van der Waals surface area contributed by atoms with Crippen molar-refractivity contribution in [2.75, 3.05) is 20.1 Å².